The van der Waals surface area contributed by atoms with Gasteiger partial charge in [-0.15, -0.1) is 0 Å². The van der Waals surface area contributed by atoms with E-state index in [1.165, 1.54) is 0 Å². The van der Waals surface area contributed by atoms with Crippen molar-refractivity contribution < 1.29 is 9.90 Å². The molecule has 0 saturated heterocycles. The number of aliphatic hydroxyl groups is 1. The Morgan fingerprint density at radius 2 is 2.00 bits per heavy atom. The molecule has 0 fully saturated rings. The van der Waals surface area contributed by atoms with Crippen LogP contribution in [0.2, 0.25) is 0 Å². The molecule has 0 saturated carbocycles. The molecular formula is C13H16N2O2. The third-order valence-corrected chi connectivity index (χ3v) is 2.59. The van der Waals surface area contributed by atoms with E-state index < -0.39 is 0 Å². The number of amides is 1. The van der Waals surface area contributed by atoms with Crippen LogP contribution < -0.4 is 5.32 Å². The molecule has 4 heteroatoms. The first-order chi connectivity index (χ1) is 7.99. The highest BCUT2D eigenvalue weighted by molar-refractivity contribution is 5.91. The summed E-state index contributed by atoms with van der Waals surface area (Å²) in [7, 11) is 0. The number of hydrogen-bond acceptors (Lipinski definition) is 3. The van der Waals surface area contributed by atoms with Crippen LogP contribution in [0, 0.1) is 11.3 Å². The van der Waals surface area contributed by atoms with Gasteiger partial charge in [0.05, 0.1) is 12.7 Å². The van der Waals surface area contributed by atoms with E-state index >= 15 is 0 Å². The molecule has 2 N–H and O–H groups in total. The summed E-state index contributed by atoms with van der Waals surface area (Å²) < 4.78 is 0. The topological polar surface area (TPSA) is 73.1 Å². The van der Waals surface area contributed by atoms with Crippen molar-refractivity contribution in [3.05, 3.63) is 29.8 Å². The van der Waals surface area contributed by atoms with Gasteiger partial charge in [0.1, 0.15) is 6.42 Å². The number of benzene rings is 1. The fraction of sp³-hybridized carbons (Fsp3) is 0.385. The van der Waals surface area contributed by atoms with Gasteiger partial charge in [0.15, 0.2) is 0 Å². The summed E-state index contributed by atoms with van der Waals surface area (Å²) in [4.78, 5) is 11.2. The summed E-state index contributed by atoms with van der Waals surface area (Å²) in [5.41, 5.74) is 1.36. The third-order valence-electron chi connectivity index (χ3n) is 2.59. The zero-order valence-corrected chi connectivity index (χ0v) is 10.0. The van der Waals surface area contributed by atoms with Crippen molar-refractivity contribution in [1.82, 2.24) is 0 Å². The van der Waals surface area contributed by atoms with Crippen molar-refractivity contribution in [3.63, 3.8) is 0 Å². The van der Waals surface area contributed by atoms with Crippen LogP contribution in [0.3, 0.4) is 0 Å². The molecule has 0 radical (unpaired) electrons. The maximum absolute atomic E-state index is 11.2. The molecule has 4 nitrogen and oxygen atoms in total. The second-order valence-corrected chi connectivity index (χ2v) is 4.50. The molecule has 0 aliphatic heterocycles. The molecular weight excluding hydrogens is 216 g/mol. The van der Waals surface area contributed by atoms with E-state index in [0.717, 1.165) is 5.56 Å². The van der Waals surface area contributed by atoms with E-state index in [4.69, 9.17) is 5.26 Å². The molecule has 0 aromatic heterocycles. The second kappa shape index (κ2) is 5.46. The Hall–Kier alpha value is -1.86. The quantitative estimate of drug-likeness (QED) is 0.831. The van der Waals surface area contributed by atoms with Gasteiger partial charge in [0.25, 0.3) is 0 Å². The molecule has 0 atom stereocenters. The highest BCUT2D eigenvalue weighted by atomic mass is 16.3. The number of nitriles is 1. The van der Waals surface area contributed by atoms with E-state index in [1.807, 2.05) is 26.0 Å². The largest absolute Gasteiger partial charge is 0.395 e. The lowest BCUT2D eigenvalue weighted by Gasteiger charge is -2.22. The van der Waals surface area contributed by atoms with Crippen molar-refractivity contribution >= 4 is 11.6 Å². The maximum Gasteiger partial charge on any atom is 0.238 e. The Morgan fingerprint density at radius 3 is 2.47 bits per heavy atom. The average Bonchev–Trinajstić information content (AvgIpc) is 2.30. The van der Waals surface area contributed by atoms with Crippen molar-refractivity contribution in [1.29, 1.82) is 5.26 Å². The van der Waals surface area contributed by atoms with Gasteiger partial charge in [-0.25, -0.2) is 0 Å². The molecule has 1 amide bonds. The summed E-state index contributed by atoms with van der Waals surface area (Å²) in [6.45, 7) is 3.94. The SMILES string of the molecule is CC(C)(CO)c1ccc(NC(=O)CC#N)cc1. The van der Waals surface area contributed by atoms with Crippen LogP contribution in [0.4, 0.5) is 5.69 Å². The first kappa shape index (κ1) is 13.2. The Labute approximate surface area is 101 Å². The summed E-state index contributed by atoms with van der Waals surface area (Å²) >= 11 is 0. The molecule has 17 heavy (non-hydrogen) atoms. The molecule has 0 bridgehead atoms. The molecule has 0 aliphatic carbocycles. The lowest BCUT2D eigenvalue weighted by Crippen LogP contribution is -2.21. The van der Waals surface area contributed by atoms with Gasteiger partial charge < -0.3 is 10.4 Å². The average molecular weight is 232 g/mol. The summed E-state index contributed by atoms with van der Waals surface area (Å²) in [6, 6.07) is 9.04. The number of carbonyl (C=O) groups excluding carboxylic acids is 1. The highest BCUT2D eigenvalue weighted by Gasteiger charge is 2.18. The number of nitrogens with zero attached hydrogens (tertiary/aromatic N) is 1. The minimum Gasteiger partial charge on any atom is -0.395 e. The molecule has 0 unspecified atom stereocenters. The third kappa shape index (κ3) is 3.58. The van der Waals surface area contributed by atoms with Gasteiger partial charge in [-0.1, -0.05) is 26.0 Å². The molecule has 1 rings (SSSR count). The molecule has 0 spiro atoms. The Kier molecular flexibility index (Phi) is 4.24. The van der Waals surface area contributed by atoms with E-state index in [0.29, 0.717) is 5.69 Å². The van der Waals surface area contributed by atoms with Crippen LogP contribution in [0.25, 0.3) is 0 Å². The van der Waals surface area contributed by atoms with Crippen molar-refractivity contribution in [2.24, 2.45) is 0 Å². The van der Waals surface area contributed by atoms with E-state index in [1.54, 1.807) is 18.2 Å². The van der Waals surface area contributed by atoms with Crippen LogP contribution in [-0.4, -0.2) is 17.6 Å². The van der Waals surface area contributed by atoms with Gasteiger partial charge >= 0.3 is 0 Å². The number of nitrogens with one attached hydrogen (secondary N) is 1. The lowest BCUT2D eigenvalue weighted by molar-refractivity contribution is -0.115. The predicted molar refractivity (Wildman–Crippen MR) is 65.4 cm³/mol. The first-order valence-corrected chi connectivity index (χ1v) is 5.38. The standard InChI is InChI=1S/C13H16N2O2/c1-13(2,9-16)10-3-5-11(6-4-10)15-12(17)7-8-14/h3-6,16H,7,9H2,1-2H3,(H,15,17). The molecule has 0 aliphatic rings. The second-order valence-electron chi connectivity index (χ2n) is 4.50. The fourth-order valence-corrected chi connectivity index (χ4v) is 1.37. The summed E-state index contributed by atoms with van der Waals surface area (Å²) in [6.07, 6.45) is -0.149. The lowest BCUT2D eigenvalue weighted by atomic mass is 9.85. The Morgan fingerprint density at radius 1 is 1.41 bits per heavy atom. The number of carbonyl (C=O) groups is 1. The van der Waals surface area contributed by atoms with E-state index in [9.17, 15) is 9.90 Å². The van der Waals surface area contributed by atoms with Crippen LogP contribution in [0.1, 0.15) is 25.8 Å². The minimum absolute atomic E-state index is 0.0626. The number of anilines is 1. The predicted octanol–water partition coefficient (Wildman–Crippen LogP) is 1.81. The van der Waals surface area contributed by atoms with Gasteiger partial charge in [-0.2, -0.15) is 5.26 Å². The zero-order chi connectivity index (χ0) is 12.9. The first-order valence-electron chi connectivity index (χ1n) is 5.38. The molecule has 0 heterocycles. The Balaban J connectivity index is 2.76. The van der Waals surface area contributed by atoms with Crippen LogP contribution >= 0.6 is 0 Å². The number of hydrogen-bond donors (Lipinski definition) is 2. The van der Waals surface area contributed by atoms with Crippen LogP contribution in [0.15, 0.2) is 24.3 Å². The normalized spacial score (nSPS) is 10.7. The van der Waals surface area contributed by atoms with Crippen LogP contribution in [-0.2, 0) is 10.2 Å². The summed E-state index contributed by atoms with van der Waals surface area (Å²) in [5.74, 6) is -0.318. The van der Waals surface area contributed by atoms with E-state index in [2.05, 4.69) is 5.32 Å². The molecule has 1 aromatic rings. The highest BCUT2D eigenvalue weighted by Crippen LogP contribution is 2.23. The smallest absolute Gasteiger partial charge is 0.238 e. The monoisotopic (exact) mass is 232 g/mol. The maximum atomic E-state index is 11.2. The Bertz CT molecular complexity index is 430. The van der Waals surface area contributed by atoms with Gasteiger partial charge in [-0.05, 0) is 17.7 Å². The van der Waals surface area contributed by atoms with Gasteiger partial charge in [0, 0.05) is 11.1 Å². The number of rotatable bonds is 4. The molecule has 1 aromatic carbocycles. The van der Waals surface area contributed by atoms with Gasteiger partial charge in [0.2, 0.25) is 5.91 Å². The molecule has 90 valence electrons. The van der Waals surface area contributed by atoms with Crippen LogP contribution in [0.5, 0.6) is 0 Å². The minimum atomic E-state index is -0.318. The van der Waals surface area contributed by atoms with Crippen molar-refractivity contribution in [3.8, 4) is 6.07 Å². The van der Waals surface area contributed by atoms with E-state index in [-0.39, 0.29) is 24.3 Å². The number of aliphatic hydroxyl groups excluding tert-OH is 1. The van der Waals surface area contributed by atoms with Crippen molar-refractivity contribution in [2.75, 3.05) is 11.9 Å². The van der Waals surface area contributed by atoms with Crippen molar-refractivity contribution in [2.45, 2.75) is 25.7 Å². The fourth-order valence-electron chi connectivity index (χ4n) is 1.37. The van der Waals surface area contributed by atoms with Gasteiger partial charge in [-0.3, -0.25) is 4.79 Å². The zero-order valence-electron chi connectivity index (χ0n) is 10.0. The summed E-state index contributed by atoms with van der Waals surface area (Å²) in [5, 5.41) is 20.2.